The molecule has 0 radical (unpaired) electrons. The lowest BCUT2D eigenvalue weighted by Gasteiger charge is -2.24. The Balaban J connectivity index is 1.42. The summed E-state index contributed by atoms with van der Waals surface area (Å²) in [7, 11) is 0. The van der Waals surface area contributed by atoms with Crippen LogP contribution >= 0.6 is 0 Å². The van der Waals surface area contributed by atoms with E-state index >= 15 is 0 Å². The van der Waals surface area contributed by atoms with E-state index in [0.29, 0.717) is 12.0 Å². The maximum atomic E-state index is 5.64. The molecule has 0 bridgehead atoms. The molecule has 2 fully saturated rings. The quantitative estimate of drug-likeness (QED) is 0.671. The van der Waals surface area contributed by atoms with Crippen molar-refractivity contribution in [1.82, 2.24) is 24.8 Å². The second-order valence-electron chi connectivity index (χ2n) is 7.00. The maximum Gasteiger partial charge on any atom is 0.193 e. The van der Waals surface area contributed by atoms with Crippen molar-refractivity contribution in [2.45, 2.75) is 26.2 Å². The van der Waals surface area contributed by atoms with Gasteiger partial charge < -0.3 is 15.0 Å². The molecule has 1 atom stereocenters. The molecule has 2 aromatic rings. The average Bonchev–Trinajstić information content (AvgIpc) is 3.36. The first-order chi connectivity index (χ1) is 12.3. The molecule has 7 heteroatoms. The minimum atomic E-state index is 0.347. The lowest BCUT2D eigenvalue weighted by atomic mass is 9.87. The zero-order valence-electron chi connectivity index (χ0n) is 14.8. The fourth-order valence-electron chi connectivity index (χ4n) is 3.84. The van der Waals surface area contributed by atoms with E-state index in [-0.39, 0.29) is 0 Å². The van der Waals surface area contributed by atoms with Crippen LogP contribution in [-0.2, 0) is 11.2 Å². The lowest BCUT2D eigenvalue weighted by molar-refractivity contribution is 0.156. The molecule has 0 aliphatic carbocycles. The van der Waals surface area contributed by atoms with Gasteiger partial charge >= 0.3 is 0 Å². The highest BCUT2D eigenvalue weighted by molar-refractivity contribution is 5.80. The van der Waals surface area contributed by atoms with Gasteiger partial charge in [-0.2, -0.15) is 0 Å². The molecule has 1 spiro atoms. The van der Waals surface area contributed by atoms with E-state index in [1.807, 2.05) is 28.8 Å². The van der Waals surface area contributed by atoms with Crippen LogP contribution in [0.5, 0.6) is 0 Å². The van der Waals surface area contributed by atoms with Crippen LogP contribution in [0.1, 0.15) is 25.6 Å². The number of aromatic nitrogens is 3. The smallest absolute Gasteiger partial charge is 0.193 e. The van der Waals surface area contributed by atoms with Gasteiger partial charge in [0, 0.05) is 50.8 Å². The van der Waals surface area contributed by atoms with Crippen LogP contribution in [0.2, 0.25) is 0 Å². The zero-order chi connectivity index (χ0) is 17.1. The number of fused-ring (bicyclic) bond motifs is 1. The van der Waals surface area contributed by atoms with Gasteiger partial charge in [0.1, 0.15) is 5.82 Å². The van der Waals surface area contributed by atoms with E-state index in [1.54, 1.807) is 0 Å². The van der Waals surface area contributed by atoms with Crippen molar-refractivity contribution < 1.29 is 4.74 Å². The maximum absolute atomic E-state index is 5.64. The molecule has 4 rings (SSSR count). The standard InChI is InChI=1S/C18H26N6O/c1-2-19-17(23-11-7-18(13-23)8-12-25-14-18)20-9-6-16-22-21-15-5-3-4-10-24(15)16/h3-5,10H,2,6-9,11-14H2,1H3,(H,19,20). The molecule has 0 amide bonds. The fraction of sp³-hybridized carbons (Fsp3) is 0.611. The predicted molar refractivity (Wildman–Crippen MR) is 96.7 cm³/mol. The van der Waals surface area contributed by atoms with Crippen molar-refractivity contribution in [1.29, 1.82) is 0 Å². The second-order valence-corrected chi connectivity index (χ2v) is 7.00. The predicted octanol–water partition coefficient (Wildman–Crippen LogP) is 1.35. The van der Waals surface area contributed by atoms with Crippen molar-refractivity contribution in [2.24, 2.45) is 10.4 Å². The molecule has 2 saturated heterocycles. The molecule has 2 aliphatic rings. The van der Waals surface area contributed by atoms with Gasteiger partial charge in [0.15, 0.2) is 11.6 Å². The van der Waals surface area contributed by atoms with E-state index in [1.165, 1.54) is 12.8 Å². The number of rotatable bonds is 4. The third kappa shape index (κ3) is 3.33. The average molecular weight is 342 g/mol. The minimum absolute atomic E-state index is 0.347. The lowest BCUT2D eigenvalue weighted by Crippen LogP contribution is -2.41. The Morgan fingerprint density at radius 2 is 2.32 bits per heavy atom. The van der Waals surface area contributed by atoms with Gasteiger partial charge in [0.2, 0.25) is 0 Å². The fourth-order valence-corrected chi connectivity index (χ4v) is 3.84. The molecule has 4 heterocycles. The number of pyridine rings is 1. The Kier molecular flexibility index (Phi) is 4.57. The van der Waals surface area contributed by atoms with Crippen LogP contribution in [0, 0.1) is 5.41 Å². The Morgan fingerprint density at radius 3 is 3.16 bits per heavy atom. The van der Waals surface area contributed by atoms with Crippen molar-refractivity contribution in [3.63, 3.8) is 0 Å². The molecule has 0 aromatic carbocycles. The third-order valence-corrected chi connectivity index (χ3v) is 5.24. The van der Waals surface area contributed by atoms with Crippen molar-refractivity contribution in [2.75, 3.05) is 39.4 Å². The Labute approximate surface area is 148 Å². The Morgan fingerprint density at radius 1 is 1.36 bits per heavy atom. The molecule has 7 nitrogen and oxygen atoms in total. The van der Waals surface area contributed by atoms with Gasteiger partial charge in [0.25, 0.3) is 0 Å². The largest absolute Gasteiger partial charge is 0.381 e. The Hall–Kier alpha value is -2.15. The molecule has 1 unspecified atom stereocenters. The summed E-state index contributed by atoms with van der Waals surface area (Å²) in [6, 6.07) is 5.95. The number of nitrogens with zero attached hydrogens (tertiary/aromatic N) is 5. The van der Waals surface area contributed by atoms with Crippen LogP contribution in [0.15, 0.2) is 29.4 Å². The van der Waals surface area contributed by atoms with Gasteiger partial charge in [-0.1, -0.05) is 6.07 Å². The highest BCUT2D eigenvalue weighted by Crippen LogP contribution is 2.38. The van der Waals surface area contributed by atoms with Gasteiger partial charge in [-0.15, -0.1) is 10.2 Å². The highest BCUT2D eigenvalue weighted by atomic mass is 16.5. The van der Waals surface area contributed by atoms with Gasteiger partial charge in [-0.25, -0.2) is 0 Å². The summed E-state index contributed by atoms with van der Waals surface area (Å²) in [6.45, 7) is 7.61. The molecule has 25 heavy (non-hydrogen) atoms. The number of hydrogen-bond donors (Lipinski definition) is 1. The summed E-state index contributed by atoms with van der Waals surface area (Å²) in [5.74, 6) is 1.97. The van der Waals surface area contributed by atoms with Crippen molar-refractivity contribution in [3.8, 4) is 0 Å². The monoisotopic (exact) mass is 342 g/mol. The summed E-state index contributed by atoms with van der Waals surface area (Å²) in [6.07, 6.45) is 5.16. The van der Waals surface area contributed by atoms with Gasteiger partial charge in [-0.05, 0) is 31.9 Å². The summed E-state index contributed by atoms with van der Waals surface area (Å²) >= 11 is 0. The van der Waals surface area contributed by atoms with Crippen molar-refractivity contribution in [3.05, 3.63) is 30.2 Å². The molecule has 1 N–H and O–H groups in total. The first-order valence-electron chi connectivity index (χ1n) is 9.19. The molecular weight excluding hydrogens is 316 g/mol. The molecular formula is C18H26N6O. The van der Waals surface area contributed by atoms with Crippen LogP contribution in [0.4, 0.5) is 0 Å². The molecule has 2 aliphatic heterocycles. The van der Waals surface area contributed by atoms with E-state index in [2.05, 4.69) is 27.3 Å². The number of hydrogen-bond acceptors (Lipinski definition) is 4. The number of aliphatic imine (C=N–C) groups is 1. The highest BCUT2D eigenvalue weighted by Gasteiger charge is 2.42. The summed E-state index contributed by atoms with van der Waals surface area (Å²) in [5, 5.41) is 11.9. The van der Waals surface area contributed by atoms with Crippen LogP contribution in [0.3, 0.4) is 0 Å². The minimum Gasteiger partial charge on any atom is -0.381 e. The van der Waals surface area contributed by atoms with Gasteiger partial charge in [0.05, 0.1) is 6.61 Å². The number of nitrogens with one attached hydrogen (secondary N) is 1. The number of likely N-dealkylation sites (tertiary alicyclic amines) is 1. The van der Waals surface area contributed by atoms with Crippen LogP contribution in [0.25, 0.3) is 5.65 Å². The SMILES string of the molecule is CCNC(=NCCc1nnc2ccccn12)N1CCC2(CCOC2)C1. The summed E-state index contributed by atoms with van der Waals surface area (Å²) in [4.78, 5) is 7.23. The van der Waals surface area contributed by atoms with Crippen LogP contribution < -0.4 is 5.32 Å². The number of ether oxygens (including phenoxy) is 1. The Bertz CT molecular complexity index is 749. The van der Waals surface area contributed by atoms with E-state index < -0.39 is 0 Å². The van der Waals surface area contributed by atoms with E-state index in [0.717, 1.165) is 56.7 Å². The molecule has 134 valence electrons. The van der Waals surface area contributed by atoms with Crippen LogP contribution in [-0.4, -0.2) is 64.9 Å². The van der Waals surface area contributed by atoms with E-state index in [9.17, 15) is 0 Å². The first kappa shape index (κ1) is 16.3. The van der Waals surface area contributed by atoms with E-state index in [4.69, 9.17) is 9.73 Å². The summed E-state index contributed by atoms with van der Waals surface area (Å²) in [5.41, 5.74) is 1.23. The zero-order valence-corrected chi connectivity index (χ0v) is 14.8. The second kappa shape index (κ2) is 7.00. The third-order valence-electron chi connectivity index (χ3n) is 5.24. The number of guanidine groups is 1. The topological polar surface area (TPSA) is 67.0 Å². The van der Waals surface area contributed by atoms with Crippen molar-refractivity contribution >= 4 is 11.6 Å². The molecule has 0 saturated carbocycles. The summed E-state index contributed by atoms with van der Waals surface area (Å²) < 4.78 is 7.67. The normalized spacial score (nSPS) is 23.9. The van der Waals surface area contributed by atoms with Gasteiger partial charge in [-0.3, -0.25) is 9.39 Å². The first-order valence-corrected chi connectivity index (χ1v) is 9.19. The molecule has 2 aromatic heterocycles.